The Morgan fingerprint density at radius 3 is 2.32 bits per heavy atom. The summed E-state index contributed by atoms with van der Waals surface area (Å²) in [5.41, 5.74) is 8.47. The zero-order valence-electron chi connectivity index (χ0n) is 16.1. The lowest BCUT2D eigenvalue weighted by Crippen LogP contribution is -2.43. The second kappa shape index (κ2) is 7.74. The topological polar surface area (TPSA) is 76.3 Å². The summed E-state index contributed by atoms with van der Waals surface area (Å²) in [5.74, 6) is 0.0596. The molecule has 1 aromatic heterocycles. The molecule has 1 aliphatic heterocycles. The molecule has 0 radical (unpaired) electrons. The van der Waals surface area contributed by atoms with E-state index in [-0.39, 0.29) is 17.7 Å². The average molecular weight is 377 g/mol. The van der Waals surface area contributed by atoms with Crippen molar-refractivity contribution in [2.75, 3.05) is 13.1 Å². The minimum absolute atomic E-state index is 0.142. The fourth-order valence-electron chi connectivity index (χ4n) is 4.67. The number of carbonyl (C=O) groups excluding carboxylic acids is 2. The Bertz CT molecular complexity index is 844. The Hall–Kier alpha value is -2.69. The molecule has 1 aliphatic carbocycles. The van der Waals surface area contributed by atoms with Crippen LogP contribution in [0.2, 0.25) is 0 Å². The fourth-order valence-corrected chi connectivity index (χ4v) is 4.67. The number of pyridine rings is 1. The van der Waals surface area contributed by atoms with Gasteiger partial charge in [-0.25, -0.2) is 0 Å². The number of amides is 2. The molecular formula is C23H27N3O2. The molecule has 2 aromatic rings. The summed E-state index contributed by atoms with van der Waals surface area (Å²) in [6.45, 7) is 1.08. The van der Waals surface area contributed by atoms with E-state index in [2.05, 4.69) is 29.2 Å². The van der Waals surface area contributed by atoms with Gasteiger partial charge < -0.3 is 10.6 Å². The third kappa shape index (κ3) is 3.66. The van der Waals surface area contributed by atoms with Crippen LogP contribution < -0.4 is 5.73 Å². The van der Waals surface area contributed by atoms with Gasteiger partial charge in [-0.15, -0.1) is 0 Å². The molecule has 2 N–H and O–H groups in total. The number of nitrogens with two attached hydrogens (primary N) is 1. The number of nitrogens with zero attached hydrogens (tertiary/aromatic N) is 2. The lowest BCUT2D eigenvalue weighted by molar-refractivity contribution is -0.135. The molecule has 1 saturated carbocycles. The molecule has 146 valence electrons. The molecule has 1 saturated heterocycles. The Balaban J connectivity index is 1.48. The summed E-state index contributed by atoms with van der Waals surface area (Å²) in [4.78, 5) is 31.1. The summed E-state index contributed by atoms with van der Waals surface area (Å²) in [6.07, 6.45) is 9.01. The zero-order chi connectivity index (χ0) is 19.6. The van der Waals surface area contributed by atoms with E-state index in [0.717, 1.165) is 42.4 Å². The van der Waals surface area contributed by atoms with E-state index >= 15 is 0 Å². The molecule has 28 heavy (non-hydrogen) atoms. The quantitative estimate of drug-likeness (QED) is 0.869. The normalized spacial score (nSPS) is 22.5. The molecule has 4 rings (SSSR count). The molecule has 2 heterocycles. The highest BCUT2D eigenvalue weighted by Gasteiger charge is 2.45. The zero-order valence-corrected chi connectivity index (χ0v) is 16.1. The van der Waals surface area contributed by atoms with Crippen LogP contribution in [0.4, 0.5) is 0 Å². The SMILES string of the molecule is NC(=O)[C@]1(Cc2ccc(-c3ccncc3)cc2)CCN(C(=O)C2CCCC2)C1. The molecule has 0 unspecified atom stereocenters. The highest BCUT2D eigenvalue weighted by atomic mass is 16.2. The lowest BCUT2D eigenvalue weighted by atomic mass is 9.80. The van der Waals surface area contributed by atoms with Crippen molar-refractivity contribution in [2.24, 2.45) is 17.1 Å². The smallest absolute Gasteiger partial charge is 0.225 e. The van der Waals surface area contributed by atoms with Crippen LogP contribution in [0.25, 0.3) is 11.1 Å². The largest absolute Gasteiger partial charge is 0.369 e. The van der Waals surface area contributed by atoms with E-state index in [4.69, 9.17) is 5.73 Å². The number of likely N-dealkylation sites (tertiary alicyclic amines) is 1. The molecular weight excluding hydrogens is 350 g/mol. The van der Waals surface area contributed by atoms with Crippen molar-refractivity contribution in [3.63, 3.8) is 0 Å². The summed E-state index contributed by atoms with van der Waals surface area (Å²) in [5, 5.41) is 0. The van der Waals surface area contributed by atoms with Crippen molar-refractivity contribution in [1.29, 1.82) is 0 Å². The van der Waals surface area contributed by atoms with Gasteiger partial charge in [-0.05, 0) is 54.5 Å². The van der Waals surface area contributed by atoms with Gasteiger partial charge in [-0.1, -0.05) is 37.1 Å². The van der Waals surface area contributed by atoms with Crippen LogP contribution >= 0.6 is 0 Å². The van der Waals surface area contributed by atoms with Crippen molar-refractivity contribution in [2.45, 2.75) is 38.5 Å². The van der Waals surface area contributed by atoms with Crippen molar-refractivity contribution < 1.29 is 9.59 Å². The van der Waals surface area contributed by atoms with Gasteiger partial charge in [0.2, 0.25) is 11.8 Å². The van der Waals surface area contributed by atoms with Crippen LogP contribution in [-0.4, -0.2) is 34.8 Å². The van der Waals surface area contributed by atoms with Gasteiger partial charge in [0.15, 0.2) is 0 Å². The maximum absolute atomic E-state index is 12.8. The maximum atomic E-state index is 12.8. The fraction of sp³-hybridized carbons (Fsp3) is 0.435. The van der Waals surface area contributed by atoms with Crippen molar-refractivity contribution in [3.05, 3.63) is 54.4 Å². The minimum atomic E-state index is -0.660. The first kappa shape index (κ1) is 18.7. The van der Waals surface area contributed by atoms with E-state index in [0.29, 0.717) is 25.9 Å². The predicted molar refractivity (Wildman–Crippen MR) is 108 cm³/mol. The van der Waals surface area contributed by atoms with E-state index in [1.807, 2.05) is 17.0 Å². The van der Waals surface area contributed by atoms with Crippen molar-refractivity contribution in [3.8, 4) is 11.1 Å². The van der Waals surface area contributed by atoms with Gasteiger partial charge in [0.25, 0.3) is 0 Å². The second-order valence-corrected chi connectivity index (χ2v) is 8.25. The van der Waals surface area contributed by atoms with E-state index in [9.17, 15) is 9.59 Å². The summed E-state index contributed by atoms with van der Waals surface area (Å²) in [6, 6.07) is 12.2. The molecule has 1 atom stereocenters. The standard InChI is InChI=1S/C23H27N3O2/c24-22(28)23(11-14-26(16-23)21(27)20-3-1-2-4-20)15-17-5-7-18(8-6-17)19-9-12-25-13-10-19/h5-10,12-13,20H,1-4,11,14-16H2,(H2,24,28)/t23-/m0/s1. The van der Waals surface area contributed by atoms with E-state index in [1.165, 1.54) is 0 Å². The number of benzene rings is 1. The van der Waals surface area contributed by atoms with Gasteiger partial charge in [-0.2, -0.15) is 0 Å². The Morgan fingerprint density at radius 2 is 1.68 bits per heavy atom. The summed E-state index contributed by atoms with van der Waals surface area (Å²) in [7, 11) is 0. The first-order chi connectivity index (χ1) is 13.6. The lowest BCUT2D eigenvalue weighted by Gasteiger charge is -2.27. The highest BCUT2D eigenvalue weighted by molar-refractivity contribution is 5.85. The predicted octanol–water partition coefficient (Wildman–Crippen LogP) is 3.19. The molecule has 1 aromatic carbocycles. The van der Waals surface area contributed by atoms with Crippen LogP contribution in [0.15, 0.2) is 48.8 Å². The first-order valence-corrected chi connectivity index (χ1v) is 10.2. The molecule has 5 nitrogen and oxygen atoms in total. The summed E-state index contributed by atoms with van der Waals surface area (Å²) >= 11 is 0. The molecule has 0 bridgehead atoms. The number of aromatic nitrogens is 1. The van der Waals surface area contributed by atoms with E-state index < -0.39 is 5.41 Å². The molecule has 2 aliphatic rings. The summed E-state index contributed by atoms with van der Waals surface area (Å²) < 4.78 is 0. The van der Waals surface area contributed by atoms with Gasteiger partial charge in [0, 0.05) is 31.4 Å². The van der Waals surface area contributed by atoms with Crippen LogP contribution in [0.3, 0.4) is 0 Å². The monoisotopic (exact) mass is 377 g/mol. The average Bonchev–Trinajstić information content (AvgIpc) is 3.40. The third-order valence-corrected chi connectivity index (χ3v) is 6.40. The Kier molecular flexibility index (Phi) is 5.16. The molecule has 0 spiro atoms. The number of primary amides is 1. The minimum Gasteiger partial charge on any atom is -0.369 e. The second-order valence-electron chi connectivity index (χ2n) is 8.25. The number of hydrogen-bond acceptors (Lipinski definition) is 3. The van der Waals surface area contributed by atoms with Crippen LogP contribution in [0, 0.1) is 11.3 Å². The number of hydrogen-bond donors (Lipinski definition) is 1. The van der Waals surface area contributed by atoms with Gasteiger partial charge in [0.05, 0.1) is 5.41 Å². The number of rotatable bonds is 5. The van der Waals surface area contributed by atoms with Crippen molar-refractivity contribution >= 4 is 11.8 Å². The highest BCUT2D eigenvalue weighted by Crippen LogP contribution is 2.37. The van der Waals surface area contributed by atoms with Crippen LogP contribution in [-0.2, 0) is 16.0 Å². The van der Waals surface area contributed by atoms with Gasteiger partial charge in [0.1, 0.15) is 0 Å². The molecule has 2 amide bonds. The molecule has 5 heteroatoms. The van der Waals surface area contributed by atoms with E-state index in [1.54, 1.807) is 12.4 Å². The number of carbonyl (C=O) groups is 2. The first-order valence-electron chi connectivity index (χ1n) is 10.2. The van der Waals surface area contributed by atoms with Crippen molar-refractivity contribution in [1.82, 2.24) is 9.88 Å². The third-order valence-electron chi connectivity index (χ3n) is 6.40. The Morgan fingerprint density at radius 1 is 1.04 bits per heavy atom. The van der Waals surface area contributed by atoms with Crippen LogP contribution in [0.5, 0.6) is 0 Å². The van der Waals surface area contributed by atoms with Gasteiger partial charge in [-0.3, -0.25) is 14.6 Å². The van der Waals surface area contributed by atoms with Gasteiger partial charge >= 0.3 is 0 Å². The molecule has 2 fully saturated rings. The Labute approximate surface area is 165 Å². The maximum Gasteiger partial charge on any atom is 0.225 e. The van der Waals surface area contributed by atoms with Crippen LogP contribution in [0.1, 0.15) is 37.7 Å².